The number of nitrogens with zero attached hydrogens (tertiary/aromatic N) is 1. The molecule has 0 radical (unpaired) electrons. The molecule has 0 aliphatic carbocycles. The molecule has 1 heterocycles. The Kier molecular flexibility index (Phi) is 6.96. The van der Waals surface area contributed by atoms with Gasteiger partial charge in [-0.05, 0) is 60.1 Å². The molecule has 0 unspecified atom stereocenters. The maximum atomic E-state index is 12.1. The number of thiocarbonyl (C=S) groups is 1. The van der Waals surface area contributed by atoms with Crippen LogP contribution in [-0.2, 0) is 22.6 Å². The lowest BCUT2D eigenvalue weighted by atomic mass is 10.0. The van der Waals surface area contributed by atoms with Crippen LogP contribution in [0, 0.1) is 10.1 Å². The van der Waals surface area contributed by atoms with Crippen molar-refractivity contribution in [3.8, 4) is 11.5 Å². The Hall–Kier alpha value is -4.05. The van der Waals surface area contributed by atoms with Gasteiger partial charge in [0, 0.05) is 17.7 Å². The fourth-order valence-corrected chi connectivity index (χ4v) is 3.22. The summed E-state index contributed by atoms with van der Waals surface area (Å²) in [6.07, 6.45) is 3.55. The lowest BCUT2D eigenvalue weighted by Crippen LogP contribution is -2.51. The van der Waals surface area contributed by atoms with Gasteiger partial charge in [0.2, 0.25) is 0 Å². The second-order valence-electron chi connectivity index (χ2n) is 6.71. The first kappa shape index (κ1) is 22.6. The Morgan fingerprint density at radius 3 is 2.38 bits per heavy atom. The van der Waals surface area contributed by atoms with Gasteiger partial charge in [-0.25, -0.2) is 0 Å². The van der Waals surface area contributed by atoms with Gasteiger partial charge in [0.1, 0.15) is 12.2 Å². The third kappa shape index (κ3) is 5.16. The van der Waals surface area contributed by atoms with Crippen LogP contribution >= 0.6 is 12.2 Å². The Morgan fingerprint density at radius 1 is 1.16 bits per heavy atom. The van der Waals surface area contributed by atoms with E-state index in [1.54, 1.807) is 30.3 Å². The van der Waals surface area contributed by atoms with Crippen LogP contribution in [0.1, 0.15) is 16.7 Å². The van der Waals surface area contributed by atoms with Crippen LogP contribution in [-0.4, -0.2) is 29.0 Å². The molecule has 1 aliphatic rings. The van der Waals surface area contributed by atoms with Gasteiger partial charge in [-0.15, -0.1) is 6.58 Å². The normalized spacial score (nSPS) is 13.2. The molecule has 164 valence electrons. The van der Waals surface area contributed by atoms with Crippen LogP contribution in [0.15, 0.2) is 54.6 Å². The third-order valence-corrected chi connectivity index (χ3v) is 4.73. The Labute approximate surface area is 188 Å². The highest BCUT2D eigenvalue weighted by molar-refractivity contribution is 7.80. The largest absolute Gasteiger partial charge is 0.493 e. The number of ether oxygens (including phenoxy) is 2. The van der Waals surface area contributed by atoms with Gasteiger partial charge in [-0.3, -0.25) is 30.3 Å². The SMILES string of the molecule is C=CCc1cc(C=C2C(=O)NC(=S)NC2=O)cc(OC)c1OCc1ccc([N+](=O)[O-])cc1. The Morgan fingerprint density at radius 2 is 1.81 bits per heavy atom. The van der Waals surface area contributed by atoms with E-state index in [1.165, 1.54) is 25.3 Å². The standard InChI is InChI=1S/C22H19N3O6S/c1-3-4-15-9-14(10-17-20(26)23-22(32)24-21(17)27)11-18(30-2)19(15)31-12-13-5-7-16(8-6-13)25(28)29/h3,5-11H,1,4,12H2,2H3,(H2,23,24,26,27,32). The summed E-state index contributed by atoms with van der Waals surface area (Å²) < 4.78 is 11.4. The lowest BCUT2D eigenvalue weighted by molar-refractivity contribution is -0.384. The maximum absolute atomic E-state index is 12.1. The van der Waals surface area contributed by atoms with Crippen LogP contribution in [0.2, 0.25) is 0 Å². The number of rotatable bonds is 8. The molecule has 2 aromatic rings. The molecule has 9 nitrogen and oxygen atoms in total. The number of amides is 2. The summed E-state index contributed by atoms with van der Waals surface area (Å²) in [5.74, 6) is -0.333. The number of hydrogen-bond donors (Lipinski definition) is 2. The van der Waals surface area contributed by atoms with Crippen molar-refractivity contribution in [1.82, 2.24) is 10.6 Å². The predicted octanol–water partition coefficient (Wildman–Crippen LogP) is 2.83. The van der Waals surface area contributed by atoms with E-state index in [0.29, 0.717) is 23.5 Å². The van der Waals surface area contributed by atoms with Crippen molar-refractivity contribution in [2.45, 2.75) is 13.0 Å². The van der Waals surface area contributed by atoms with E-state index in [-0.39, 0.29) is 23.0 Å². The van der Waals surface area contributed by atoms with Crippen LogP contribution < -0.4 is 20.1 Å². The molecule has 1 aliphatic heterocycles. The number of non-ortho nitro benzene ring substituents is 1. The molecular formula is C22H19N3O6S. The molecule has 2 N–H and O–H groups in total. The highest BCUT2D eigenvalue weighted by Gasteiger charge is 2.26. The summed E-state index contributed by atoms with van der Waals surface area (Å²) >= 11 is 4.81. The Balaban J connectivity index is 1.91. The zero-order valence-electron chi connectivity index (χ0n) is 17.0. The summed E-state index contributed by atoms with van der Waals surface area (Å²) in [4.78, 5) is 34.6. The molecule has 1 fully saturated rings. The van der Waals surface area contributed by atoms with E-state index in [0.717, 1.165) is 11.1 Å². The van der Waals surface area contributed by atoms with E-state index < -0.39 is 16.7 Å². The molecule has 0 atom stereocenters. The van der Waals surface area contributed by atoms with Crippen molar-refractivity contribution < 1.29 is 24.0 Å². The van der Waals surface area contributed by atoms with Crippen molar-refractivity contribution in [2.75, 3.05) is 7.11 Å². The van der Waals surface area contributed by atoms with E-state index in [1.807, 2.05) is 0 Å². The second kappa shape index (κ2) is 9.84. The van der Waals surface area contributed by atoms with Crippen molar-refractivity contribution in [2.24, 2.45) is 0 Å². The fourth-order valence-electron chi connectivity index (χ4n) is 3.03. The number of nitro groups is 1. The minimum Gasteiger partial charge on any atom is -0.493 e. The van der Waals surface area contributed by atoms with E-state index in [4.69, 9.17) is 21.7 Å². The number of carbonyl (C=O) groups is 2. The van der Waals surface area contributed by atoms with Crippen LogP contribution in [0.4, 0.5) is 5.69 Å². The molecule has 2 amide bonds. The van der Waals surface area contributed by atoms with E-state index in [9.17, 15) is 19.7 Å². The molecule has 32 heavy (non-hydrogen) atoms. The molecule has 2 aromatic carbocycles. The minimum atomic E-state index is -0.596. The van der Waals surface area contributed by atoms with Gasteiger partial charge < -0.3 is 9.47 Å². The van der Waals surface area contributed by atoms with Gasteiger partial charge in [-0.2, -0.15) is 0 Å². The second-order valence-corrected chi connectivity index (χ2v) is 7.12. The van der Waals surface area contributed by atoms with Crippen molar-refractivity contribution in [1.29, 1.82) is 0 Å². The fraction of sp³-hybridized carbons (Fsp3) is 0.136. The molecule has 0 bridgehead atoms. The molecule has 1 saturated heterocycles. The monoisotopic (exact) mass is 453 g/mol. The van der Waals surface area contributed by atoms with Gasteiger partial charge in [0.25, 0.3) is 17.5 Å². The molecule has 10 heteroatoms. The summed E-state index contributed by atoms with van der Waals surface area (Å²) in [7, 11) is 1.47. The van der Waals surface area contributed by atoms with Crippen molar-refractivity contribution in [3.05, 3.63) is 81.4 Å². The highest BCUT2D eigenvalue weighted by Crippen LogP contribution is 2.35. The number of nitrogens with one attached hydrogen (secondary N) is 2. The summed E-state index contributed by atoms with van der Waals surface area (Å²) in [5, 5.41) is 15.5. The first-order valence-electron chi connectivity index (χ1n) is 9.38. The van der Waals surface area contributed by atoms with Gasteiger partial charge >= 0.3 is 0 Å². The predicted molar refractivity (Wildman–Crippen MR) is 121 cm³/mol. The summed E-state index contributed by atoms with van der Waals surface area (Å²) in [6.45, 7) is 3.91. The molecular weight excluding hydrogens is 434 g/mol. The number of nitro benzene ring substituents is 1. The number of carbonyl (C=O) groups excluding carboxylic acids is 2. The quantitative estimate of drug-likeness (QED) is 0.157. The first-order chi connectivity index (χ1) is 15.3. The average Bonchev–Trinajstić information content (AvgIpc) is 2.75. The molecule has 0 aromatic heterocycles. The number of allylic oxidation sites excluding steroid dienone is 1. The molecule has 3 rings (SSSR count). The van der Waals surface area contributed by atoms with Crippen LogP contribution in [0.25, 0.3) is 6.08 Å². The van der Waals surface area contributed by atoms with Crippen molar-refractivity contribution in [3.63, 3.8) is 0 Å². The number of benzene rings is 2. The lowest BCUT2D eigenvalue weighted by Gasteiger charge is -2.18. The van der Waals surface area contributed by atoms with Gasteiger partial charge in [0.05, 0.1) is 12.0 Å². The topological polar surface area (TPSA) is 120 Å². The summed E-state index contributed by atoms with van der Waals surface area (Å²) in [6, 6.07) is 9.43. The van der Waals surface area contributed by atoms with E-state index in [2.05, 4.69) is 17.2 Å². The van der Waals surface area contributed by atoms with Gasteiger partial charge in [0.15, 0.2) is 16.6 Å². The highest BCUT2D eigenvalue weighted by atomic mass is 32.1. The Bertz CT molecular complexity index is 1120. The smallest absolute Gasteiger partial charge is 0.269 e. The van der Waals surface area contributed by atoms with Crippen molar-refractivity contribution >= 4 is 40.9 Å². The minimum absolute atomic E-state index is 0.00684. The first-order valence-corrected chi connectivity index (χ1v) is 9.79. The van der Waals surface area contributed by atoms with Crippen LogP contribution in [0.3, 0.4) is 0 Å². The summed E-state index contributed by atoms with van der Waals surface area (Å²) in [5.41, 5.74) is 1.91. The zero-order chi connectivity index (χ0) is 23.3. The van der Waals surface area contributed by atoms with E-state index >= 15 is 0 Å². The average molecular weight is 453 g/mol. The zero-order valence-corrected chi connectivity index (χ0v) is 17.9. The molecule has 0 spiro atoms. The number of methoxy groups -OCH3 is 1. The van der Waals surface area contributed by atoms with Gasteiger partial charge in [-0.1, -0.05) is 6.08 Å². The molecule has 0 saturated carbocycles. The third-order valence-electron chi connectivity index (χ3n) is 4.52. The van der Waals surface area contributed by atoms with Crippen LogP contribution in [0.5, 0.6) is 11.5 Å². The number of hydrogen-bond acceptors (Lipinski definition) is 7. The maximum Gasteiger partial charge on any atom is 0.269 e.